The molecule has 4 heterocycles. The Hall–Kier alpha value is -1.59. The lowest BCUT2D eigenvalue weighted by atomic mass is 10.2. The third kappa shape index (κ3) is 4.71. The van der Waals surface area contributed by atoms with Gasteiger partial charge in [-0.3, -0.25) is 9.98 Å². The molecule has 0 spiro atoms. The van der Waals surface area contributed by atoms with Crippen molar-refractivity contribution in [3.05, 3.63) is 29.6 Å². The summed E-state index contributed by atoms with van der Waals surface area (Å²) in [5, 5.41) is 0. The molecule has 3 aliphatic heterocycles. The van der Waals surface area contributed by atoms with Crippen LogP contribution in [0.15, 0.2) is 28.2 Å². The van der Waals surface area contributed by atoms with Gasteiger partial charge in [0.25, 0.3) is 0 Å². The summed E-state index contributed by atoms with van der Waals surface area (Å²) >= 11 is 0. The summed E-state index contributed by atoms with van der Waals surface area (Å²) in [5.74, 6) is 0. The van der Waals surface area contributed by atoms with E-state index in [1.54, 1.807) is 0 Å². The van der Waals surface area contributed by atoms with Crippen molar-refractivity contribution in [3.63, 3.8) is 0 Å². The zero-order valence-corrected chi connectivity index (χ0v) is 13.2. The van der Waals surface area contributed by atoms with Gasteiger partial charge in [-0.25, -0.2) is 4.98 Å². The van der Waals surface area contributed by atoms with Crippen LogP contribution in [0.1, 0.15) is 24.2 Å². The first-order chi connectivity index (χ1) is 10.9. The van der Waals surface area contributed by atoms with Gasteiger partial charge < -0.3 is 9.80 Å². The van der Waals surface area contributed by atoms with Crippen molar-refractivity contribution >= 4 is 12.4 Å². The Kier molecular flexibility index (Phi) is 5.67. The summed E-state index contributed by atoms with van der Waals surface area (Å²) in [7, 11) is 0. The Morgan fingerprint density at radius 1 is 0.682 bits per heavy atom. The predicted molar refractivity (Wildman–Crippen MR) is 91.3 cm³/mol. The van der Waals surface area contributed by atoms with Crippen molar-refractivity contribution in [2.45, 2.75) is 12.8 Å². The Morgan fingerprint density at radius 3 is 1.68 bits per heavy atom. The summed E-state index contributed by atoms with van der Waals surface area (Å²) in [6.07, 6.45) is 6.01. The molecule has 3 aliphatic rings. The van der Waals surface area contributed by atoms with Gasteiger partial charge in [0.1, 0.15) is 0 Å². The minimum absolute atomic E-state index is 0.875. The highest BCUT2D eigenvalue weighted by molar-refractivity contribution is 5.81. The zero-order valence-electron chi connectivity index (χ0n) is 13.2. The molecule has 4 rings (SSSR count). The molecule has 1 aromatic heterocycles. The maximum atomic E-state index is 4.54. The molecule has 1 fully saturated rings. The van der Waals surface area contributed by atoms with Gasteiger partial charge in [0.15, 0.2) is 0 Å². The van der Waals surface area contributed by atoms with Gasteiger partial charge >= 0.3 is 0 Å². The molecule has 5 heteroatoms. The molecule has 0 radical (unpaired) electrons. The molecule has 1 aromatic rings. The summed E-state index contributed by atoms with van der Waals surface area (Å²) in [6, 6.07) is 6.00. The van der Waals surface area contributed by atoms with Crippen molar-refractivity contribution < 1.29 is 0 Å². The number of hydrogen-bond acceptors (Lipinski definition) is 5. The maximum Gasteiger partial charge on any atom is 0.0815 e. The van der Waals surface area contributed by atoms with Gasteiger partial charge in [-0.2, -0.15) is 0 Å². The summed E-state index contributed by atoms with van der Waals surface area (Å²) < 4.78 is 0. The minimum Gasteiger partial charge on any atom is -0.301 e. The van der Waals surface area contributed by atoms with E-state index in [0.29, 0.717) is 0 Å². The van der Waals surface area contributed by atoms with Crippen LogP contribution in [0.5, 0.6) is 0 Å². The van der Waals surface area contributed by atoms with Gasteiger partial charge in [0.05, 0.1) is 11.4 Å². The Morgan fingerprint density at radius 2 is 1.18 bits per heavy atom. The SMILES string of the molecule is C1=NCCCN2CCN(CCCN=Cc3cccc1n3)CC2. The Balaban J connectivity index is 1.65. The fraction of sp³-hybridized carbons (Fsp3) is 0.588. The highest BCUT2D eigenvalue weighted by Gasteiger charge is 2.15. The van der Waals surface area contributed by atoms with E-state index in [1.165, 1.54) is 26.2 Å². The topological polar surface area (TPSA) is 44.1 Å². The number of aliphatic imine (C=N–C) groups is 2. The quantitative estimate of drug-likeness (QED) is 0.726. The second-order valence-electron chi connectivity index (χ2n) is 5.95. The van der Waals surface area contributed by atoms with Crippen molar-refractivity contribution in [2.75, 3.05) is 52.4 Å². The van der Waals surface area contributed by atoms with Crippen LogP contribution in [0.25, 0.3) is 0 Å². The molecule has 0 aromatic carbocycles. The summed E-state index contributed by atoms with van der Waals surface area (Å²) in [6.45, 7) is 8.82. The Bertz CT molecular complexity index is 474. The molecule has 4 bridgehead atoms. The molecule has 0 saturated carbocycles. The van der Waals surface area contributed by atoms with Crippen molar-refractivity contribution in [2.24, 2.45) is 9.98 Å². The van der Waals surface area contributed by atoms with Crippen molar-refractivity contribution in [1.29, 1.82) is 0 Å². The number of pyridine rings is 1. The van der Waals surface area contributed by atoms with Crippen LogP contribution >= 0.6 is 0 Å². The van der Waals surface area contributed by atoms with Gasteiger partial charge in [-0.1, -0.05) is 6.07 Å². The summed E-state index contributed by atoms with van der Waals surface area (Å²) in [4.78, 5) is 18.7. The van der Waals surface area contributed by atoms with Crippen LogP contribution in [0, 0.1) is 0 Å². The second-order valence-corrected chi connectivity index (χ2v) is 5.95. The van der Waals surface area contributed by atoms with E-state index in [4.69, 9.17) is 0 Å². The van der Waals surface area contributed by atoms with E-state index in [-0.39, 0.29) is 0 Å². The molecular weight excluding hydrogens is 274 g/mol. The molecule has 118 valence electrons. The van der Waals surface area contributed by atoms with Crippen LogP contribution in [0.3, 0.4) is 0 Å². The Labute approximate surface area is 132 Å². The van der Waals surface area contributed by atoms with E-state index in [2.05, 4.69) is 24.8 Å². The molecule has 0 aliphatic carbocycles. The average molecular weight is 299 g/mol. The first-order valence-corrected chi connectivity index (χ1v) is 8.31. The first kappa shape index (κ1) is 15.3. The molecule has 0 N–H and O–H groups in total. The highest BCUT2D eigenvalue weighted by atomic mass is 15.3. The lowest BCUT2D eigenvalue weighted by molar-refractivity contribution is 0.131. The van der Waals surface area contributed by atoms with Gasteiger partial charge in [-0.15, -0.1) is 0 Å². The minimum atomic E-state index is 0.875. The number of aromatic nitrogens is 1. The highest BCUT2D eigenvalue weighted by Crippen LogP contribution is 2.04. The molecule has 22 heavy (non-hydrogen) atoms. The molecule has 0 unspecified atom stereocenters. The number of hydrogen-bond donors (Lipinski definition) is 0. The molecule has 1 saturated heterocycles. The predicted octanol–water partition coefficient (Wildman–Crippen LogP) is 1.33. The van der Waals surface area contributed by atoms with Crippen molar-refractivity contribution in [1.82, 2.24) is 14.8 Å². The lowest BCUT2D eigenvalue weighted by Gasteiger charge is -2.34. The first-order valence-electron chi connectivity index (χ1n) is 8.31. The third-order valence-corrected chi connectivity index (χ3v) is 4.23. The van der Waals surface area contributed by atoms with Gasteiger partial charge in [0, 0.05) is 51.7 Å². The van der Waals surface area contributed by atoms with Crippen LogP contribution in [0.4, 0.5) is 0 Å². The normalized spacial score (nSPS) is 26.7. The second kappa shape index (κ2) is 8.15. The zero-order chi connectivity index (χ0) is 15.0. The van der Waals surface area contributed by atoms with Crippen LogP contribution in [-0.2, 0) is 0 Å². The van der Waals surface area contributed by atoms with Gasteiger partial charge in [0.2, 0.25) is 0 Å². The number of piperazine rings is 1. The van der Waals surface area contributed by atoms with E-state index < -0.39 is 0 Å². The smallest absolute Gasteiger partial charge is 0.0815 e. The third-order valence-electron chi connectivity index (χ3n) is 4.23. The molecule has 0 amide bonds. The largest absolute Gasteiger partial charge is 0.301 e. The number of fused-ring (bicyclic) bond motifs is 8. The number of rotatable bonds is 0. The molecule has 5 nitrogen and oxygen atoms in total. The van der Waals surface area contributed by atoms with E-state index in [0.717, 1.165) is 50.4 Å². The fourth-order valence-corrected chi connectivity index (χ4v) is 2.94. The van der Waals surface area contributed by atoms with E-state index in [1.807, 2.05) is 30.6 Å². The monoisotopic (exact) mass is 299 g/mol. The molecule has 0 atom stereocenters. The summed E-state index contributed by atoms with van der Waals surface area (Å²) in [5.41, 5.74) is 1.83. The van der Waals surface area contributed by atoms with Crippen LogP contribution < -0.4 is 0 Å². The fourth-order valence-electron chi connectivity index (χ4n) is 2.94. The van der Waals surface area contributed by atoms with Crippen LogP contribution in [0.2, 0.25) is 0 Å². The van der Waals surface area contributed by atoms with E-state index in [9.17, 15) is 0 Å². The lowest BCUT2D eigenvalue weighted by Crippen LogP contribution is -2.46. The van der Waals surface area contributed by atoms with E-state index >= 15 is 0 Å². The van der Waals surface area contributed by atoms with Crippen LogP contribution in [-0.4, -0.2) is 79.6 Å². The van der Waals surface area contributed by atoms with Crippen molar-refractivity contribution in [3.8, 4) is 0 Å². The van der Waals surface area contributed by atoms with Gasteiger partial charge in [-0.05, 0) is 38.1 Å². The maximum absolute atomic E-state index is 4.54. The molecular formula is C17H25N5. The standard InChI is InChI=1S/C17H25N5/c1-4-16-14-18-6-2-8-21-10-12-22(13-11-21)9-3-7-19-15-17(5-1)20-16/h1,4-5,14-15H,2-3,6-13H2. The number of nitrogens with zero attached hydrogens (tertiary/aromatic N) is 5. The average Bonchev–Trinajstić information content (AvgIpc) is 2.55.